The first-order valence-electron chi connectivity index (χ1n) is 10.1. The average molecular weight is 445 g/mol. The third kappa shape index (κ3) is 4.75. The van der Waals surface area contributed by atoms with E-state index in [0.717, 1.165) is 19.2 Å². The van der Waals surface area contributed by atoms with Gasteiger partial charge in [0, 0.05) is 43.0 Å². The molecular weight excluding hydrogens is 423 g/mol. The van der Waals surface area contributed by atoms with Gasteiger partial charge in [0.25, 0.3) is 5.89 Å². The van der Waals surface area contributed by atoms with Gasteiger partial charge in [-0.3, -0.25) is 4.90 Å². The molecule has 168 valence electrons. The fraction of sp³-hybridized carbons (Fsp3) is 0.318. The number of hydrogen-bond acceptors (Lipinski definition) is 5. The van der Waals surface area contributed by atoms with Crippen LogP contribution in [0, 0.1) is 5.82 Å². The van der Waals surface area contributed by atoms with Crippen molar-refractivity contribution in [2.24, 2.45) is 0 Å². The Hall–Kier alpha value is -3.40. The lowest BCUT2D eigenvalue weighted by atomic mass is 10.1. The van der Waals surface area contributed by atoms with Crippen LogP contribution in [-0.2, 0) is 6.54 Å². The van der Waals surface area contributed by atoms with Crippen molar-refractivity contribution in [1.29, 1.82) is 0 Å². The third-order valence-corrected chi connectivity index (χ3v) is 5.33. The quantitative estimate of drug-likeness (QED) is 0.589. The van der Waals surface area contributed by atoms with Gasteiger partial charge in [0.15, 0.2) is 0 Å². The van der Waals surface area contributed by atoms with E-state index in [2.05, 4.69) is 15.1 Å². The Bertz CT molecular complexity index is 1070. The lowest BCUT2D eigenvalue weighted by Crippen LogP contribution is -2.52. The molecule has 1 fully saturated rings. The maximum Gasteiger partial charge on any atom is 0.324 e. The number of nitrogens with zero attached hydrogens (tertiary/aromatic N) is 5. The number of amides is 2. The first kappa shape index (κ1) is 21.8. The van der Waals surface area contributed by atoms with Gasteiger partial charge in [-0.05, 0) is 31.3 Å². The van der Waals surface area contributed by atoms with Crippen LogP contribution in [0.15, 0.2) is 52.9 Å². The average Bonchev–Trinajstić information content (AvgIpc) is 3.30. The van der Waals surface area contributed by atoms with Crippen molar-refractivity contribution in [3.8, 4) is 11.5 Å². The molecule has 10 heteroatoms. The van der Waals surface area contributed by atoms with Gasteiger partial charge >= 0.3 is 12.5 Å². The van der Waals surface area contributed by atoms with Crippen LogP contribution in [0.2, 0.25) is 0 Å². The van der Waals surface area contributed by atoms with Gasteiger partial charge in [-0.2, -0.15) is 8.78 Å². The lowest BCUT2D eigenvalue weighted by Gasteiger charge is -2.36. The Morgan fingerprint density at radius 1 is 1.09 bits per heavy atom. The molecule has 0 aliphatic carbocycles. The number of piperazine rings is 1. The summed E-state index contributed by atoms with van der Waals surface area (Å²) in [6.45, 7) is 2.71. The number of benzene rings is 2. The van der Waals surface area contributed by atoms with Crippen LogP contribution < -0.4 is 4.90 Å². The number of urea groups is 1. The molecule has 1 aliphatic rings. The highest BCUT2D eigenvalue weighted by Crippen LogP contribution is 2.26. The van der Waals surface area contributed by atoms with Crippen LogP contribution in [0.3, 0.4) is 0 Å². The Morgan fingerprint density at radius 2 is 1.81 bits per heavy atom. The van der Waals surface area contributed by atoms with Crippen LogP contribution in [0.1, 0.15) is 17.9 Å². The van der Waals surface area contributed by atoms with Crippen LogP contribution in [0.4, 0.5) is 23.7 Å². The number of aromatic nitrogens is 2. The minimum Gasteiger partial charge on any atom is -0.415 e. The second-order valence-corrected chi connectivity index (χ2v) is 7.55. The smallest absolute Gasteiger partial charge is 0.324 e. The van der Waals surface area contributed by atoms with Crippen LogP contribution in [0.25, 0.3) is 11.5 Å². The molecular formula is C22H22F3N5O2. The Kier molecular flexibility index (Phi) is 6.40. The summed E-state index contributed by atoms with van der Waals surface area (Å²) in [5, 5.41) is 6.81. The number of halogens is 3. The number of likely N-dealkylation sites (N-methyl/N-ethyl adjacent to an activating group) is 1. The number of anilines is 1. The number of para-hydroxylation sites is 1. The summed E-state index contributed by atoms with van der Waals surface area (Å²) in [6, 6.07) is 13.0. The number of alkyl halides is 2. The first-order valence-corrected chi connectivity index (χ1v) is 10.1. The van der Waals surface area contributed by atoms with Crippen LogP contribution in [-0.4, -0.2) is 59.3 Å². The predicted octanol–water partition coefficient (Wildman–Crippen LogP) is 4.19. The zero-order valence-corrected chi connectivity index (χ0v) is 17.4. The molecule has 3 aromatic rings. The van der Waals surface area contributed by atoms with Crippen molar-refractivity contribution < 1.29 is 22.4 Å². The number of carbonyl (C=O) groups is 1. The molecule has 2 amide bonds. The van der Waals surface area contributed by atoms with E-state index in [0.29, 0.717) is 18.8 Å². The Morgan fingerprint density at radius 3 is 2.44 bits per heavy atom. The molecule has 0 atom stereocenters. The number of carbonyl (C=O) groups excluding carboxylic acids is 1. The summed E-state index contributed by atoms with van der Waals surface area (Å²) in [5.41, 5.74) is 1.11. The van der Waals surface area contributed by atoms with E-state index in [4.69, 9.17) is 4.42 Å². The summed E-state index contributed by atoms with van der Waals surface area (Å²) in [5.74, 6) is -1.62. The standard InChI is InChI=1S/C22H22F3N5O2/c1-28-9-11-29(12-10-28)22(31)30(17-5-3-2-4-6-17)14-16-8-7-15(13-18(16)23)20-26-27-21(32-20)19(24)25/h2-8,13,19H,9-12,14H2,1H3. The minimum atomic E-state index is -2.90. The molecule has 0 radical (unpaired) electrons. The molecule has 1 saturated heterocycles. The zero-order chi connectivity index (χ0) is 22.7. The van der Waals surface area contributed by atoms with E-state index < -0.39 is 18.1 Å². The van der Waals surface area contributed by atoms with Crippen molar-refractivity contribution in [2.45, 2.75) is 13.0 Å². The second-order valence-electron chi connectivity index (χ2n) is 7.55. The number of hydrogen-bond donors (Lipinski definition) is 0. The molecule has 2 heterocycles. The van der Waals surface area contributed by atoms with Gasteiger partial charge in [-0.1, -0.05) is 24.3 Å². The van der Waals surface area contributed by atoms with Crippen molar-refractivity contribution >= 4 is 11.7 Å². The molecule has 4 rings (SSSR count). The molecule has 0 N–H and O–H groups in total. The summed E-state index contributed by atoms with van der Waals surface area (Å²) in [7, 11) is 2.00. The Balaban J connectivity index is 1.58. The molecule has 0 bridgehead atoms. The van der Waals surface area contributed by atoms with Crippen LogP contribution >= 0.6 is 0 Å². The molecule has 1 aliphatic heterocycles. The zero-order valence-electron chi connectivity index (χ0n) is 17.4. The molecule has 0 spiro atoms. The fourth-order valence-electron chi connectivity index (χ4n) is 3.46. The van der Waals surface area contributed by atoms with E-state index in [1.54, 1.807) is 17.0 Å². The van der Waals surface area contributed by atoms with Gasteiger partial charge in [0.2, 0.25) is 5.89 Å². The molecule has 32 heavy (non-hydrogen) atoms. The SMILES string of the molecule is CN1CCN(C(=O)N(Cc2ccc(-c3nnc(C(F)F)o3)cc2F)c2ccccc2)CC1. The van der Waals surface area contributed by atoms with E-state index in [1.165, 1.54) is 17.0 Å². The van der Waals surface area contributed by atoms with Crippen LogP contribution in [0.5, 0.6) is 0 Å². The minimum absolute atomic E-state index is 0.00736. The van der Waals surface area contributed by atoms with Crippen molar-refractivity contribution in [1.82, 2.24) is 20.0 Å². The highest BCUT2D eigenvalue weighted by atomic mass is 19.3. The maximum absolute atomic E-state index is 14.9. The van der Waals surface area contributed by atoms with E-state index in [1.807, 2.05) is 25.2 Å². The number of rotatable bonds is 5. The highest BCUT2D eigenvalue weighted by Gasteiger charge is 2.26. The van der Waals surface area contributed by atoms with Gasteiger partial charge < -0.3 is 14.2 Å². The van der Waals surface area contributed by atoms with Gasteiger partial charge in [-0.15, -0.1) is 10.2 Å². The monoisotopic (exact) mass is 445 g/mol. The lowest BCUT2D eigenvalue weighted by molar-refractivity contribution is 0.116. The summed E-state index contributed by atoms with van der Waals surface area (Å²) in [6.07, 6.45) is -2.90. The third-order valence-electron chi connectivity index (χ3n) is 5.33. The van der Waals surface area contributed by atoms with Crippen molar-refractivity contribution in [2.75, 3.05) is 38.1 Å². The molecule has 7 nitrogen and oxygen atoms in total. The molecule has 2 aromatic carbocycles. The van der Waals surface area contributed by atoms with Gasteiger partial charge in [0.1, 0.15) is 5.82 Å². The normalized spacial score (nSPS) is 14.7. The summed E-state index contributed by atoms with van der Waals surface area (Å²) < 4.78 is 45.2. The van der Waals surface area contributed by atoms with Crippen molar-refractivity contribution in [3.63, 3.8) is 0 Å². The Labute approximate surface area is 183 Å². The maximum atomic E-state index is 14.9. The first-order chi connectivity index (χ1) is 15.4. The topological polar surface area (TPSA) is 65.7 Å². The van der Waals surface area contributed by atoms with E-state index >= 15 is 0 Å². The highest BCUT2D eigenvalue weighted by molar-refractivity contribution is 5.92. The molecule has 0 saturated carbocycles. The summed E-state index contributed by atoms with van der Waals surface area (Å²) >= 11 is 0. The molecule has 0 unspecified atom stereocenters. The predicted molar refractivity (Wildman–Crippen MR) is 112 cm³/mol. The van der Waals surface area contributed by atoms with Gasteiger partial charge in [-0.25, -0.2) is 9.18 Å². The molecule has 1 aromatic heterocycles. The fourth-order valence-corrected chi connectivity index (χ4v) is 3.46. The van der Waals surface area contributed by atoms with Crippen molar-refractivity contribution in [3.05, 3.63) is 65.8 Å². The largest absolute Gasteiger partial charge is 0.415 e. The summed E-state index contributed by atoms with van der Waals surface area (Å²) in [4.78, 5) is 18.7. The van der Waals surface area contributed by atoms with E-state index in [-0.39, 0.29) is 29.6 Å². The van der Waals surface area contributed by atoms with Gasteiger partial charge in [0.05, 0.1) is 6.54 Å². The second kappa shape index (κ2) is 9.39. The van der Waals surface area contributed by atoms with E-state index in [9.17, 15) is 18.0 Å².